The van der Waals surface area contributed by atoms with Crippen LogP contribution in [0.2, 0.25) is 5.02 Å². The quantitative estimate of drug-likeness (QED) is 0.209. The summed E-state index contributed by atoms with van der Waals surface area (Å²) in [5.41, 5.74) is 9.27. The third-order valence-electron chi connectivity index (χ3n) is 6.71. The van der Waals surface area contributed by atoms with E-state index in [4.69, 9.17) is 11.6 Å². The molecule has 178 valence electrons. The normalized spacial score (nSPS) is 20.6. The van der Waals surface area contributed by atoms with E-state index in [1.165, 1.54) is 11.1 Å². The molecule has 5 rings (SSSR count). The molecule has 0 aromatic heterocycles. The maximum absolute atomic E-state index is 12.3. The molecule has 0 fully saturated rings. The fraction of sp³-hybridized carbons (Fsp3) is 0.241. The van der Waals surface area contributed by atoms with Crippen LogP contribution in [-0.4, -0.2) is 17.4 Å². The molecule has 3 atom stereocenters. The second-order valence-electron chi connectivity index (χ2n) is 9.01. The zero-order chi connectivity index (χ0) is 24.2. The summed E-state index contributed by atoms with van der Waals surface area (Å²) in [6.45, 7) is 1.93. The van der Waals surface area contributed by atoms with Gasteiger partial charge in [-0.2, -0.15) is 5.10 Å². The lowest BCUT2D eigenvalue weighted by atomic mass is 9.76. The van der Waals surface area contributed by atoms with E-state index < -0.39 is 0 Å². The summed E-state index contributed by atoms with van der Waals surface area (Å²) < 4.78 is 0. The summed E-state index contributed by atoms with van der Waals surface area (Å²) in [6, 6.07) is 24.8. The highest BCUT2D eigenvalue weighted by atomic mass is 35.5. The average Bonchev–Trinajstić information content (AvgIpc) is 3.38. The van der Waals surface area contributed by atoms with Crippen molar-refractivity contribution in [1.29, 1.82) is 0 Å². The minimum absolute atomic E-state index is 0.0914. The monoisotopic (exact) mass is 501 g/mol. The van der Waals surface area contributed by atoms with Crippen LogP contribution in [0.4, 0.5) is 5.69 Å². The molecule has 3 aromatic rings. The summed E-state index contributed by atoms with van der Waals surface area (Å²) in [5, 5.41) is 8.92. The van der Waals surface area contributed by atoms with Crippen molar-refractivity contribution in [2.75, 3.05) is 11.1 Å². The predicted molar refractivity (Wildman–Crippen MR) is 147 cm³/mol. The van der Waals surface area contributed by atoms with Gasteiger partial charge in [-0.25, -0.2) is 5.43 Å². The van der Waals surface area contributed by atoms with Crippen molar-refractivity contribution in [1.82, 2.24) is 5.43 Å². The van der Waals surface area contributed by atoms with Gasteiger partial charge in [-0.1, -0.05) is 78.4 Å². The number of nitrogens with zero attached hydrogens (tertiary/aromatic N) is 1. The minimum Gasteiger partial charge on any atom is -0.378 e. The molecule has 0 saturated heterocycles. The Morgan fingerprint density at radius 2 is 1.89 bits per heavy atom. The van der Waals surface area contributed by atoms with E-state index in [0.29, 0.717) is 17.6 Å². The highest BCUT2D eigenvalue weighted by Crippen LogP contribution is 2.50. The highest BCUT2D eigenvalue weighted by molar-refractivity contribution is 7.99. The molecular weight excluding hydrogens is 474 g/mol. The predicted octanol–water partition coefficient (Wildman–Crippen LogP) is 6.94. The second kappa shape index (κ2) is 10.7. The number of hydrogen-bond donors (Lipinski definition) is 2. The van der Waals surface area contributed by atoms with E-state index in [1.54, 1.807) is 11.8 Å². The lowest BCUT2D eigenvalue weighted by molar-refractivity contribution is -0.118. The van der Waals surface area contributed by atoms with Crippen LogP contribution in [-0.2, 0) is 10.5 Å². The van der Waals surface area contributed by atoms with Crippen molar-refractivity contribution in [3.05, 3.63) is 112 Å². The van der Waals surface area contributed by atoms with E-state index in [2.05, 4.69) is 64.4 Å². The third kappa shape index (κ3) is 5.31. The lowest BCUT2D eigenvalue weighted by Gasteiger charge is -2.38. The van der Waals surface area contributed by atoms with Gasteiger partial charge in [0.05, 0.1) is 17.5 Å². The van der Waals surface area contributed by atoms with Gasteiger partial charge in [-0.05, 0) is 59.7 Å². The van der Waals surface area contributed by atoms with Crippen LogP contribution >= 0.6 is 23.4 Å². The molecule has 0 radical (unpaired) electrons. The van der Waals surface area contributed by atoms with E-state index in [0.717, 1.165) is 39.7 Å². The molecule has 0 saturated carbocycles. The standard InChI is InChI=1S/C29H28ClN3OS/c1-19(32-33-28(34)18-35-17-20-8-3-2-4-9-20)21-14-15-27-25(16-21)22-11-7-12-23(22)29(31-27)24-10-5-6-13-26(24)30/h2-11,13-16,22-23,29,31H,12,17-18H2,1H3,(H,33,34)/b32-19-/t22-,23+,29-/m1/s1. The average molecular weight is 502 g/mol. The van der Waals surface area contributed by atoms with Gasteiger partial charge >= 0.3 is 0 Å². The molecule has 4 nitrogen and oxygen atoms in total. The highest BCUT2D eigenvalue weighted by Gasteiger charge is 2.38. The number of carbonyl (C=O) groups is 1. The summed E-state index contributed by atoms with van der Waals surface area (Å²) in [7, 11) is 0. The Kier molecular flexibility index (Phi) is 7.26. The Bertz CT molecular complexity index is 1270. The first kappa shape index (κ1) is 23.7. The number of fused-ring (bicyclic) bond motifs is 3. The molecular formula is C29H28ClN3OS. The molecule has 3 aromatic carbocycles. The molecule has 0 spiro atoms. The Morgan fingerprint density at radius 3 is 2.71 bits per heavy atom. The number of benzene rings is 3. The number of allylic oxidation sites excluding steroid dienone is 2. The molecule has 1 heterocycles. The number of hydrogen-bond acceptors (Lipinski definition) is 4. The first-order valence-corrected chi connectivity index (χ1v) is 13.4. The van der Waals surface area contributed by atoms with Gasteiger partial charge in [0.15, 0.2) is 0 Å². The van der Waals surface area contributed by atoms with Gasteiger partial charge in [0.1, 0.15) is 0 Å². The Balaban J connectivity index is 1.26. The summed E-state index contributed by atoms with van der Waals surface area (Å²) in [4.78, 5) is 12.3. The number of amides is 1. The summed E-state index contributed by atoms with van der Waals surface area (Å²) in [5.74, 6) is 1.82. The van der Waals surface area contributed by atoms with E-state index in [1.807, 2.05) is 43.3 Å². The number of thioether (sulfide) groups is 1. The van der Waals surface area contributed by atoms with Crippen molar-refractivity contribution in [3.63, 3.8) is 0 Å². The largest absolute Gasteiger partial charge is 0.378 e. The zero-order valence-corrected chi connectivity index (χ0v) is 21.2. The van der Waals surface area contributed by atoms with Crippen LogP contribution in [0.1, 0.15) is 47.6 Å². The third-order valence-corrected chi connectivity index (χ3v) is 8.06. The summed E-state index contributed by atoms with van der Waals surface area (Å²) >= 11 is 8.14. The SMILES string of the molecule is C/C(=N/NC(=O)CSCc1ccccc1)c1ccc2c(c1)[C@@H]1C=CC[C@@H]1[C@H](c1ccccc1Cl)N2. The molecule has 2 N–H and O–H groups in total. The van der Waals surface area contributed by atoms with Crippen LogP contribution in [0, 0.1) is 5.92 Å². The van der Waals surface area contributed by atoms with Crippen LogP contribution in [0.3, 0.4) is 0 Å². The van der Waals surface area contributed by atoms with Crippen LogP contribution in [0.5, 0.6) is 0 Å². The zero-order valence-electron chi connectivity index (χ0n) is 19.6. The fourth-order valence-electron chi connectivity index (χ4n) is 4.93. The molecule has 0 unspecified atom stereocenters. The van der Waals surface area contributed by atoms with Gasteiger partial charge in [-0.15, -0.1) is 11.8 Å². The topological polar surface area (TPSA) is 53.5 Å². The van der Waals surface area contributed by atoms with Crippen LogP contribution in [0.25, 0.3) is 0 Å². The van der Waals surface area contributed by atoms with E-state index in [9.17, 15) is 4.79 Å². The Hall–Kier alpha value is -3.02. The van der Waals surface area contributed by atoms with E-state index >= 15 is 0 Å². The molecule has 35 heavy (non-hydrogen) atoms. The Morgan fingerprint density at radius 1 is 1.09 bits per heavy atom. The van der Waals surface area contributed by atoms with Crippen molar-refractivity contribution >= 4 is 40.7 Å². The number of nitrogens with one attached hydrogen (secondary N) is 2. The van der Waals surface area contributed by atoms with Crippen LogP contribution in [0.15, 0.2) is 90.0 Å². The number of rotatable bonds is 7. The van der Waals surface area contributed by atoms with Crippen molar-refractivity contribution in [2.24, 2.45) is 11.0 Å². The smallest absolute Gasteiger partial charge is 0.250 e. The second-order valence-corrected chi connectivity index (χ2v) is 10.4. The number of hydrazone groups is 1. The summed E-state index contributed by atoms with van der Waals surface area (Å²) in [6.07, 6.45) is 5.61. The maximum atomic E-state index is 12.3. The van der Waals surface area contributed by atoms with Gasteiger partial charge < -0.3 is 5.32 Å². The molecule has 1 amide bonds. The van der Waals surface area contributed by atoms with Gasteiger partial charge in [-0.3, -0.25) is 4.79 Å². The lowest BCUT2D eigenvalue weighted by Crippen LogP contribution is -2.29. The molecule has 0 bridgehead atoms. The van der Waals surface area contributed by atoms with E-state index in [-0.39, 0.29) is 11.9 Å². The van der Waals surface area contributed by atoms with Gasteiger partial charge in [0, 0.05) is 22.4 Å². The first-order valence-electron chi connectivity index (χ1n) is 11.9. The molecule has 1 aliphatic heterocycles. The fourth-order valence-corrected chi connectivity index (χ4v) is 5.97. The number of anilines is 1. The van der Waals surface area contributed by atoms with Crippen molar-refractivity contribution < 1.29 is 4.79 Å². The maximum Gasteiger partial charge on any atom is 0.250 e. The minimum atomic E-state index is -0.0914. The molecule has 1 aliphatic carbocycles. The molecule has 6 heteroatoms. The van der Waals surface area contributed by atoms with Crippen LogP contribution < -0.4 is 10.7 Å². The number of carbonyl (C=O) groups excluding carboxylic acids is 1. The Labute approximate surface area is 215 Å². The van der Waals surface area contributed by atoms with Crippen molar-refractivity contribution in [3.8, 4) is 0 Å². The van der Waals surface area contributed by atoms with Crippen molar-refractivity contribution in [2.45, 2.75) is 31.1 Å². The number of halogens is 1. The van der Waals surface area contributed by atoms with Gasteiger partial charge in [0.25, 0.3) is 0 Å². The molecule has 2 aliphatic rings. The van der Waals surface area contributed by atoms with Gasteiger partial charge in [0.2, 0.25) is 5.91 Å². The first-order chi connectivity index (χ1) is 17.1.